The zero-order valence-electron chi connectivity index (χ0n) is 15.9. The Morgan fingerprint density at radius 2 is 2.04 bits per heavy atom. The number of carbonyl (C=O) groups is 1. The Morgan fingerprint density at radius 1 is 1.30 bits per heavy atom. The summed E-state index contributed by atoms with van der Waals surface area (Å²) in [6.07, 6.45) is 0. The van der Waals surface area contributed by atoms with Gasteiger partial charge in [0.15, 0.2) is 0 Å². The number of nitrogens with zero attached hydrogens (tertiary/aromatic N) is 1. The van der Waals surface area contributed by atoms with E-state index in [0.29, 0.717) is 23.7 Å². The smallest absolute Gasteiger partial charge is 0.271 e. The number of carbonyl (C=O) groups excluding carboxylic acids is 1. The number of amides is 1. The lowest BCUT2D eigenvalue weighted by molar-refractivity contribution is -0.127. The van der Waals surface area contributed by atoms with Crippen LogP contribution in [0.1, 0.15) is 27.7 Å². The fourth-order valence-electron chi connectivity index (χ4n) is 2.88. The zero-order chi connectivity index (χ0) is 19.8. The van der Waals surface area contributed by atoms with Gasteiger partial charge in [0.05, 0.1) is 16.8 Å². The van der Waals surface area contributed by atoms with Crippen LogP contribution in [0.25, 0.3) is 0 Å². The van der Waals surface area contributed by atoms with E-state index >= 15 is 0 Å². The van der Waals surface area contributed by atoms with Crippen LogP contribution in [-0.4, -0.2) is 27.5 Å². The summed E-state index contributed by atoms with van der Waals surface area (Å²) in [7, 11) is -3.66. The quantitative estimate of drug-likeness (QED) is 0.813. The van der Waals surface area contributed by atoms with E-state index in [4.69, 9.17) is 4.74 Å². The molecule has 0 spiro atoms. The van der Waals surface area contributed by atoms with Crippen LogP contribution in [0, 0.1) is 11.3 Å². The Hall–Kier alpha value is -2.06. The molecule has 1 aromatic heterocycles. The molecule has 2 aromatic rings. The Balaban J connectivity index is 2.00. The van der Waals surface area contributed by atoms with Crippen molar-refractivity contribution in [3.05, 3.63) is 35.7 Å². The normalized spacial score (nSPS) is 16.6. The van der Waals surface area contributed by atoms with Gasteiger partial charge in [0.2, 0.25) is 5.91 Å². The zero-order valence-corrected chi connectivity index (χ0v) is 17.5. The van der Waals surface area contributed by atoms with E-state index in [2.05, 4.69) is 4.72 Å². The molecule has 1 amide bonds. The molecule has 8 heteroatoms. The lowest BCUT2D eigenvalue weighted by Crippen LogP contribution is -2.43. The maximum absolute atomic E-state index is 13.1. The fourth-order valence-corrected chi connectivity index (χ4v) is 4.92. The largest absolute Gasteiger partial charge is 0.490 e. The van der Waals surface area contributed by atoms with Crippen LogP contribution in [-0.2, 0) is 14.8 Å². The van der Waals surface area contributed by atoms with Crippen LogP contribution in [0.2, 0.25) is 0 Å². The third-order valence-corrected chi connectivity index (χ3v) is 7.00. The molecular formula is C19H24N2O4S2. The van der Waals surface area contributed by atoms with Crippen molar-refractivity contribution >= 4 is 38.6 Å². The molecule has 1 aromatic carbocycles. The molecule has 0 fully saturated rings. The van der Waals surface area contributed by atoms with E-state index in [0.717, 1.165) is 11.3 Å². The number of benzene rings is 1. The van der Waals surface area contributed by atoms with E-state index in [-0.39, 0.29) is 22.6 Å². The highest BCUT2D eigenvalue weighted by Crippen LogP contribution is 2.39. The molecule has 0 radical (unpaired) electrons. The van der Waals surface area contributed by atoms with E-state index < -0.39 is 15.4 Å². The number of anilines is 2. The van der Waals surface area contributed by atoms with Crippen LogP contribution in [0.5, 0.6) is 5.75 Å². The van der Waals surface area contributed by atoms with Gasteiger partial charge in [-0.3, -0.25) is 9.52 Å². The van der Waals surface area contributed by atoms with Gasteiger partial charge < -0.3 is 9.64 Å². The monoisotopic (exact) mass is 408 g/mol. The average molecular weight is 409 g/mol. The topological polar surface area (TPSA) is 75.7 Å². The number of hydrogen-bond donors (Lipinski definition) is 1. The van der Waals surface area contributed by atoms with Crippen molar-refractivity contribution in [2.45, 2.75) is 31.9 Å². The maximum Gasteiger partial charge on any atom is 0.271 e. The highest BCUT2D eigenvalue weighted by Gasteiger charge is 2.38. The summed E-state index contributed by atoms with van der Waals surface area (Å²) < 4.78 is 33.7. The molecule has 1 N–H and O–H groups in total. The highest BCUT2D eigenvalue weighted by molar-refractivity contribution is 7.94. The third-order valence-electron chi connectivity index (χ3n) is 4.22. The van der Waals surface area contributed by atoms with Gasteiger partial charge in [0.1, 0.15) is 16.6 Å². The molecule has 6 nitrogen and oxygen atoms in total. The molecule has 0 saturated carbocycles. The van der Waals surface area contributed by atoms with Crippen LogP contribution < -0.4 is 14.4 Å². The van der Waals surface area contributed by atoms with Gasteiger partial charge in [-0.05, 0) is 49.4 Å². The van der Waals surface area contributed by atoms with Gasteiger partial charge >= 0.3 is 0 Å². The standard InChI is InChI=1S/C19H24N2O4S2/c1-13(2)11-21-15-10-14(20-27(23,24)17-6-5-9-26-17)7-8-16(15)25-12-19(3,4)18(21)22/h5-10,13,20H,11-12H2,1-4H3. The van der Waals surface area contributed by atoms with Crippen LogP contribution >= 0.6 is 11.3 Å². The molecular weight excluding hydrogens is 384 g/mol. The number of hydrogen-bond acceptors (Lipinski definition) is 5. The molecule has 1 aliphatic heterocycles. The summed E-state index contributed by atoms with van der Waals surface area (Å²) in [5.74, 6) is 0.795. The van der Waals surface area contributed by atoms with Gasteiger partial charge in [-0.1, -0.05) is 19.9 Å². The molecule has 27 heavy (non-hydrogen) atoms. The maximum atomic E-state index is 13.1. The second kappa shape index (κ2) is 7.16. The van der Waals surface area contributed by atoms with Crippen LogP contribution in [0.15, 0.2) is 39.9 Å². The minimum Gasteiger partial charge on any atom is -0.490 e. The van der Waals surface area contributed by atoms with Gasteiger partial charge in [-0.25, -0.2) is 8.42 Å². The van der Waals surface area contributed by atoms with Gasteiger partial charge in [-0.15, -0.1) is 11.3 Å². The summed E-state index contributed by atoms with van der Waals surface area (Å²) >= 11 is 1.15. The summed E-state index contributed by atoms with van der Waals surface area (Å²) in [6.45, 7) is 8.58. The van der Waals surface area contributed by atoms with Gasteiger partial charge in [0, 0.05) is 6.54 Å². The molecule has 0 unspecified atom stereocenters. The first-order valence-corrected chi connectivity index (χ1v) is 11.1. The van der Waals surface area contributed by atoms with Crippen molar-refractivity contribution in [2.75, 3.05) is 22.8 Å². The molecule has 0 saturated heterocycles. The van der Waals surface area contributed by atoms with E-state index in [1.807, 2.05) is 27.7 Å². The van der Waals surface area contributed by atoms with Crippen molar-refractivity contribution in [2.24, 2.45) is 11.3 Å². The number of thiophene rings is 1. The summed E-state index contributed by atoms with van der Waals surface area (Å²) in [5, 5.41) is 1.71. The Morgan fingerprint density at radius 3 is 2.67 bits per heavy atom. The predicted molar refractivity (Wildman–Crippen MR) is 108 cm³/mol. The number of ether oxygens (including phenoxy) is 1. The minimum atomic E-state index is -3.66. The fraction of sp³-hybridized carbons (Fsp3) is 0.421. The number of sulfonamides is 1. The molecule has 1 aliphatic rings. The first-order valence-electron chi connectivity index (χ1n) is 8.75. The predicted octanol–water partition coefficient (Wildman–Crippen LogP) is 3.96. The summed E-state index contributed by atoms with van der Waals surface area (Å²) in [6, 6.07) is 8.28. The second-order valence-corrected chi connectivity index (χ2v) is 10.6. The SMILES string of the molecule is CC(C)CN1C(=O)C(C)(C)COc2ccc(NS(=O)(=O)c3cccs3)cc21. The molecule has 0 atom stereocenters. The number of nitrogens with one attached hydrogen (secondary N) is 1. The van der Waals surface area contributed by atoms with Crippen molar-refractivity contribution in [1.29, 1.82) is 0 Å². The molecule has 3 rings (SSSR count). The lowest BCUT2D eigenvalue weighted by Gasteiger charge is -2.29. The highest BCUT2D eigenvalue weighted by atomic mass is 32.2. The second-order valence-electron chi connectivity index (χ2n) is 7.70. The average Bonchev–Trinajstić information content (AvgIpc) is 3.10. The molecule has 0 aliphatic carbocycles. The lowest BCUT2D eigenvalue weighted by atomic mass is 9.92. The van der Waals surface area contributed by atoms with Crippen molar-refractivity contribution in [1.82, 2.24) is 0 Å². The van der Waals surface area contributed by atoms with E-state index in [1.54, 1.807) is 40.6 Å². The third kappa shape index (κ3) is 4.11. The Bertz CT molecular complexity index is 935. The molecule has 2 heterocycles. The Kier molecular flexibility index (Phi) is 5.22. The Labute approximate surface area is 164 Å². The van der Waals surface area contributed by atoms with E-state index in [1.165, 1.54) is 0 Å². The first-order chi connectivity index (χ1) is 12.6. The first kappa shape index (κ1) is 19.7. The van der Waals surface area contributed by atoms with Crippen LogP contribution in [0.3, 0.4) is 0 Å². The van der Waals surface area contributed by atoms with Crippen molar-refractivity contribution in [3.63, 3.8) is 0 Å². The molecule has 146 valence electrons. The summed E-state index contributed by atoms with van der Waals surface area (Å²) in [4.78, 5) is 14.8. The van der Waals surface area contributed by atoms with Crippen molar-refractivity contribution < 1.29 is 17.9 Å². The molecule has 0 bridgehead atoms. The summed E-state index contributed by atoms with van der Waals surface area (Å²) in [5.41, 5.74) is 0.322. The minimum absolute atomic E-state index is 0.0341. The van der Waals surface area contributed by atoms with Crippen molar-refractivity contribution in [3.8, 4) is 5.75 Å². The van der Waals surface area contributed by atoms with Crippen LogP contribution in [0.4, 0.5) is 11.4 Å². The van der Waals surface area contributed by atoms with E-state index in [9.17, 15) is 13.2 Å². The van der Waals surface area contributed by atoms with Gasteiger partial charge in [0.25, 0.3) is 10.0 Å². The number of rotatable bonds is 5. The van der Waals surface area contributed by atoms with Gasteiger partial charge in [-0.2, -0.15) is 0 Å². The number of fused-ring (bicyclic) bond motifs is 1.